The van der Waals surface area contributed by atoms with Gasteiger partial charge in [0.25, 0.3) is 0 Å². The largest absolute Gasteiger partial charge is 0.378 e. The number of hydrogen-bond acceptors (Lipinski definition) is 5. The van der Waals surface area contributed by atoms with Crippen molar-refractivity contribution in [2.45, 2.75) is 0 Å². The second-order valence-corrected chi connectivity index (χ2v) is 7.44. The number of benzene rings is 2. The molecule has 0 radical (unpaired) electrons. The molecule has 0 amide bonds. The minimum atomic E-state index is -3.26. The third-order valence-corrected chi connectivity index (χ3v) is 4.33. The molecule has 1 heterocycles. The zero-order valence-electron chi connectivity index (χ0n) is 13.5. The second kappa shape index (κ2) is 7.11. The molecule has 7 heteroatoms. The third kappa shape index (κ3) is 4.39. The van der Waals surface area contributed by atoms with Gasteiger partial charge >= 0.3 is 0 Å². The summed E-state index contributed by atoms with van der Waals surface area (Å²) >= 11 is 0. The maximum absolute atomic E-state index is 11.3. The molecule has 0 spiro atoms. The van der Waals surface area contributed by atoms with E-state index in [1.165, 1.54) is 0 Å². The maximum atomic E-state index is 11.3. The van der Waals surface area contributed by atoms with Gasteiger partial charge in [-0.25, -0.2) is 8.42 Å². The number of sulfonamides is 1. The smallest absolute Gasteiger partial charge is 0.229 e. The summed E-state index contributed by atoms with van der Waals surface area (Å²) in [4.78, 5) is 2.30. The fourth-order valence-corrected chi connectivity index (χ4v) is 3.21. The number of rotatable bonds is 5. The summed E-state index contributed by atoms with van der Waals surface area (Å²) in [6.07, 6.45) is 1.14. The molecule has 1 aliphatic rings. The summed E-state index contributed by atoms with van der Waals surface area (Å²) in [6, 6.07) is 15.3. The Kier molecular flexibility index (Phi) is 4.92. The monoisotopic (exact) mass is 347 g/mol. The van der Waals surface area contributed by atoms with E-state index in [0.29, 0.717) is 5.69 Å². The van der Waals surface area contributed by atoms with E-state index in [1.54, 1.807) is 12.1 Å². The molecule has 1 aliphatic heterocycles. The van der Waals surface area contributed by atoms with Crippen molar-refractivity contribution < 1.29 is 13.2 Å². The van der Waals surface area contributed by atoms with Crippen LogP contribution in [0.4, 0.5) is 22.7 Å². The Balaban J connectivity index is 1.76. The van der Waals surface area contributed by atoms with Crippen LogP contribution in [0.25, 0.3) is 0 Å². The first kappa shape index (κ1) is 16.6. The molecule has 1 saturated heterocycles. The zero-order valence-corrected chi connectivity index (χ0v) is 14.3. The summed E-state index contributed by atoms with van der Waals surface area (Å²) in [5, 5.41) is 3.40. The van der Waals surface area contributed by atoms with Crippen molar-refractivity contribution >= 4 is 32.8 Å². The molecule has 0 atom stereocenters. The van der Waals surface area contributed by atoms with Crippen molar-refractivity contribution in [2.75, 3.05) is 47.5 Å². The molecule has 128 valence electrons. The molecule has 3 rings (SSSR count). The van der Waals surface area contributed by atoms with Gasteiger partial charge in [-0.1, -0.05) is 12.1 Å². The van der Waals surface area contributed by atoms with Crippen molar-refractivity contribution in [1.82, 2.24) is 0 Å². The molecular weight excluding hydrogens is 326 g/mol. The molecule has 0 bridgehead atoms. The molecule has 6 nitrogen and oxygen atoms in total. The van der Waals surface area contributed by atoms with Gasteiger partial charge in [-0.15, -0.1) is 0 Å². The van der Waals surface area contributed by atoms with E-state index >= 15 is 0 Å². The summed E-state index contributed by atoms with van der Waals surface area (Å²) in [5.41, 5.74) is 3.60. The Labute approximate surface area is 142 Å². The highest BCUT2D eigenvalue weighted by molar-refractivity contribution is 7.92. The Hall–Kier alpha value is -2.25. The van der Waals surface area contributed by atoms with E-state index in [0.717, 1.165) is 49.6 Å². The van der Waals surface area contributed by atoms with Gasteiger partial charge in [-0.3, -0.25) is 4.72 Å². The topological polar surface area (TPSA) is 70.7 Å². The predicted octanol–water partition coefficient (Wildman–Crippen LogP) is 2.64. The molecule has 0 saturated carbocycles. The predicted molar refractivity (Wildman–Crippen MR) is 97.7 cm³/mol. The average Bonchev–Trinajstić information content (AvgIpc) is 2.57. The molecule has 2 aromatic carbocycles. The lowest BCUT2D eigenvalue weighted by molar-refractivity contribution is 0.123. The first-order chi connectivity index (χ1) is 11.5. The Morgan fingerprint density at radius 1 is 0.958 bits per heavy atom. The fourth-order valence-electron chi connectivity index (χ4n) is 2.65. The van der Waals surface area contributed by atoms with Gasteiger partial charge in [0.05, 0.1) is 30.8 Å². The average molecular weight is 347 g/mol. The molecule has 0 aromatic heterocycles. The number of nitrogens with zero attached hydrogens (tertiary/aromatic N) is 1. The highest BCUT2D eigenvalue weighted by atomic mass is 32.2. The van der Waals surface area contributed by atoms with Gasteiger partial charge in [0.2, 0.25) is 10.0 Å². The van der Waals surface area contributed by atoms with Crippen LogP contribution in [-0.2, 0) is 14.8 Å². The number of ether oxygens (including phenoxy) is 1. The second-order valence-electron chi connectivity index (χ2n) is 5.69. The number of morpholine rings is 1. The number of hydrogen-bond donors (Lipinski definition) is 2. The van der Waals surface area contributed by atoms with Crippen LogP contribution in [0.5, 0.6) is 0 Å². The third-order valence-electron chi connectivity index (χ3n) is 3.72. The Morgan fingerprint density at radius 2 is 1.58 bits per heavy atom. The molecule has 1 fully saturated rings. The number of para-hydroxylation sites is 2. The van der Waals surface area contributed by atoms with Crippen LogP contribution in [0, 0.1) is 0 Å². The first-order valence-corrected chi connectivity index (χ1v) is 9.67. The fraction of sp³-hybridized carbons (Fsp3) is 0.294. The van der Waals surface area contributed by atoms with Crippen molar-refractivity contribution in [3.05, 3.63) is 48.5 Å². The van der Waals surface area contributed by atoms with Crippen molar-refractivity contribution in [3.63, 3.8) is 0 Å². The number of anilines is 4. The standard InChI is InChI=1S/C17H21N3O3S/c1-24(21,22)19-15-8-6-14(7-9-15)18-16-4-2-3-5-17(16)20-10-12-23-13-11-20/h2-9,18-19H,10-13H2,1H3. The first-order valence-electron chi connectivity index (χ1n) is 7.78. The summed E-state index contributed by atoms with van der Waals surface area (Å²) in [7, 11) is -3.26. The van der Waals surface area contributed by atoms with Crippen LogP contribution in [0.15, 0.2) is 48.5 Å². The van der Waals surface area contributed by atoms with Crippen LogP contribution in [0.3, 0.4) is 0 Å². The van der Waals surface area contributed by atoms with Gasteiger partial charge in [-0.05, 0) is 36.4 Å². The van der Waals surface area contributed by atoms with Crippen LogP contribution in [0.1, 0.15) is 0 Å². The highest BCUT2D eigenvalue weighted by Gasteiger charge is 2.14. The Morgan fingerprint density at radius 3 is 2.25 bits per heavy atom. The van der Waals surface area contributed by atoms with Crippen molar-refractivity contribution in [2.24, 2.45) is 0 Å². The zero-order chi connectivity index (χ0) is 17.0. The van der Waals surface area contributed by atoms with E-state index in [-0.39, 0.29) is 0 Å². The van der Waals surface area contributed by atoms with E-state index in [2.05, 4.69) is 21.0 Å². The molecule has 24 heavy (non-hydrogen) atoms. The van der Waals surface area contributed by atoms with Crippen molar-refractivity contribution in [3.8, 4) is 0 Å². The maximum Gasteiger partial charge on any atom is 0.229 e. The van der Waals surface area contributed by atoms with Gasteiger partial charge in [-0.2, -0.15) is 0 Å². The van der Waals surface area contributed by atoms with Crippen LogP contribution < -0.4 is 14.9 Å². The summed E-state index contributed by atoms with van der Waals surface area (Å²) in [5.74, 6) is 0. The van der Waals surface area contributed by atoms with Crippen molar-refractivity contribution in [1.29, 1.82) is 0 Å². The summed E-state index contributed by atoms with van der Waals surface area (Å²) < 4.78 is 30.4. The Bertz CT molecular complexity index is 785. The van der Waals surface area contributed by atoms with Gasteiger partial charge in [0.15, 0.2) is 0 Å². The quantitative estimate of drug-likeness (QED) is 0.870. The molecular formula is C17H21N3O3S. The normalized spacial score (nSPS) is 15.1. The lowest BCUT2D eigenvalue weighted by Crippen LogP contribution is -2.36. The van der Waals surface area contributed by atoms with E-state index in [1.807, 2.05) is 30.3 Å². The van der Waals surface area contributed by atoms with Gasteiger partial charge < -0.3 is 15.0 Å². The molecule has 2 N–H and O–H groups in total. The van der Waals surface area contributed by atoms with E-state index < -0.39 is 10.0 Å². The van der Waals surface area contributed by atoms with Gasteiger partial charge in [0, 0.05) is 24.5 Å². The number of nitrogens with one attached hydrogen (secondary N) is 2. The SMILES string of the molecule is CS(=O)(=O)Nc1ccc(Nc2ccccc2N2CCOCC2)cc1. The van der Waals surface area contributed by atoms with Gasteiger partial charge in [0.1, 0.15) is 0 Å². The van der Waals surface area contributed by atoms with Crippen LogP contribution in [0.2, 0.25) is 0 Å². The molecule has 0 unspecified atom stereocenters. The van der Waals surface area contributed by atoms with Crippen LogP contribution in [-0.4, -0.2) is 41.0 Å². The molecule has 2 aromatic rings. The summed E-state index contributed by atoms with van der Waals surface area (Å²) in [6.45, 7) is 3.21. The molecule has 0 aliphatic carbocycles. The lowest BCUT2D eigenvalue weighted by Gasteiger charge is -2.30. The van der Waals surface area contributed by atoms with Crippen LogP contribution >= 0.6 is 0 Å². The minimum absolute atomic E-state index is 0.546. The van der Waals surface area contributed by atoms with E-state index in [4.69, 9.17) is 4.74 Å². The lowest BCUT2D eigenvalue weighted by atomic mass is 10.2. The van der Waals surface area contributed by atoms with E-state index in [9.17, 15) is 8.42 Å². The minimum Gasteiger partial charge on any atom is -0.378 e. The highest BCUT2D eigenvalue weighted by Crippen LogP contribution is 2.29.